The first-order valence-electron chi connectivity index (χ1n) is 6.46. The van der Waals surface area contributed by atoms with Gasteiger partial charge in [0.2, 0.25) is 0 Å². The van der Waals surface area contributed by atoms with Gasteiger partial charge in [0, 0.05) is 25.7 Å². The van der Waals surface area contributed by atoms with Gasteiger partial charge >= 0.3 is 0 Å². The summed E-state index contributed by atoms with van der Waals surface area (Å²) in [6.45, 7) is 13.5. The molecule has 3 nitrogen and oxygen atoms in total. The van der Waals surface area contributed by atoms with Gasteiger partial charge in [0.1, 0.15) is 0 Å². The van der Waals surface area contributed by atoms with Crippen LogP contribution in [0.25, 0.3) is 0 Å². The Labute approximate surface area is 93.8 Å². The Bertz CT molecular complexity index is 191. The molecule has 0 bridgehead atoms. The maximum Gasteiger partial charge on any atom is 0.0195 e. The number of hydrogen-bond donors (Lipinski definition) is 1. The van der Waals surface area contributed by atoms with Crippen molar-refractivity contribution in [3.63, 3.8) is 0 Å². The summed E-state index contributed by atoms with van der Waals surface area (Å²) in [5.41, 5.74) is 0. The lowest BCUT2D eigenvalue weighted by atomic mass is 9.99. The summed E-state index contributed by atoms with van der Waals surface area (Å²) in [5, 5.41) is 3.35. The van der Waals surface area contributed by atoms with E-state index in [1.807, 2.05) is 0 Å². The molecule has 2 saturated heterocycles. The van der Waals surface area contributed by atoms with Gasteiger partial charge in [-0.15, -0.1) is 0 Å². The molecule has 0 spiro atoms. The van der Waals surface area contributed by atoms with Gasteiger partial charge in [-0.05, 0) is 45.4 Å². The normalized spacial score (nSPS) is 30.4. The van der Waals surface area contributed by atoms with Crippen molar-refractivity contribution < 1.29 is 0 Å². The molecule has 15 heavy (non-hydrogen) atoms. The van der Waals surface area contributed by atoms with E-state index in [0.29, 0.717) is 0 Å². The minimum atomic E-state index is 0.753. The molecule has 2 aliphatic rings. The highest BCUT2D eigenvalue weighted by Crippen LogP contribution is 2.13. The molecule has 2 heterocycles. The first kappa shape index (κ1) is 11.4. The van der Waals surface area contributed by atoms with E-state index in [1.54, 1.807) is 0 Å². The van der Waals surface area contributed by atoms with Crippen molar-refractivity contribution in [2.45, 2.75) is 26.3 Å². The third-order valence-electron chi connectivity index (χ3n) is 3.97. The molecule has 0 aliphatic carbocycles. The van der Waals surface area contributed by atoms with E-state index in [1.165, 1.54) is 52.2 Å². The third-order valence-corrected chi connectivity index (χ3v) is 3.97. The number of rotatable bonds is 4. The van der Waals surface area contributed by atoms with Gasteiger partial charge in [0.25, 0.3) is 0 Å². The monoisotopic (exact) mass is 211 g/mol. The summed E-state index contributed by atoms with van der Waals surface area (Å²) >= 11 is 0. The van der Waals surface area contributed by atoms with Crippen LogP contribution in [0.1, 0.15) is 20.3 Å². The number of piperazine rings is 1. The summed E-state index contributed by atoms with van der Waals surface area (Å²) in [6.07, 6.45) is 1.39. The van der Waals surface area contributed by atoms with Crippen LogP contribution in [0.3, 0.4) is 0 Å². The van der Waals surface area contributed by atoms with Gasteiger partial charge < -0.3 is 10.2 Å². The summed E-state index contributed by atoms with van der Waals surface area (Å²) in [4.78, 5) is 5.23. The maximum absolute atomic E-state index is 3.35. The van der Waals surface area contributed by atoms with Gasteiger partial charge in [-0.3, -0.25) is 4.90 Å². The van der Waals surface area contributed by atoms with E-state index in [4.69, 9.17) is 0 Å². The maximum atomic E-state index is 3.35. The lowest BCUT2D eigenvalue weighted by Gasteiger charge is -2.40. The van der Waals surface area contributed by atoms with Crippen LogP contribution < -0.4 is 5.32 Å². The molecule has 0 aromatic carbocycles. The first-order chi connectivity index (χ1) is 7.29. The van der Waals surface area contributed by atoms with Crippen molar-refractivity contribution >= 4 is 0 Å². The molecular formula is C12H25N3. The molecule has 1 atom stereocenters. The molecule has 2 rings (SSSR count). The van der Waals surface area contributed by atoms with Crippen LogP contribution in [0.15, 0.2) is 0 Å². The second-order valence-electron chi connectivity index (χ2n) is 5.09. The summed E-state index contributed by atoms with van der Waals surface area (Å²) in [7, 11) is 0. The van der Waals surface area contributed by atoms with Crippen LogP contribution in [0.2, 0.25) is 0 Å². The highest BCUT2D eigenvalue weighted by molar-refractivity contribution is 4.81. The Kier molecular flexibility index (Phi) is 4.00. The molecule has 0 amide bonds. The van der Waals surface area contributed by atoms with Crippen molar-refractivity contribution in [3.05, 3.63) is 0 Å². The van der Waals surface area contributed by atoms with Crippen LogP contribution in [0, 0.1) is 5.92 Å². The SMILES string of the molecule is CCN1CCN(CCC2CNC2)CC1C. The number of hydrogen-bond acceptors (Lipinski definition) is 3. The zero-order valence-corrected chi connectivity index (χ0v) is 10.2. The van der Waals surface area contributed by atoms with Crippen molar-refractivity contribution in [2.75, 3.05) is 45.8 Å². The van der Waals surface area contributed by atoms with Crippen molar-refractivity contribution in [1.29, 1.82) is 0 Å². The second kappa shape index (κ2) is 5.28. The summed E-state index contributed by atoms with van der Waals surface area (Å²) < 4.78 is 0. The lowest BCUT2D eigenvalue weighted by molar-refractivity contribution is 0.0817. The van der Waals surface area contributed by atoms with Crippen LogP contribution >= 0.6 is 0 Å². The molecule has 2 aliphatic heterocycles. The standard InChI is InChI=1S/C12H25N3/c1-3-15-7-6-14(10-11(15)2)5-4-12-8-13-9-12/h11-13H,3-10H2,1-2H3. The van der Waals surface area contributed by atoms with E-state index >= 15 is 0 Å². The van der Waals surface area contributed by atoms with E-state index in [2.05, 4.69) is 29.0 Å². The molecule has 0 radical (unpaired) electrons. The fraction of sp³-hybridized carbons (Fsp3) is 1.00. The molecule has 3 heteroatoms. The Morgan fingerprint density at radius 3 is 2.60 bits per heavy atom. The Morgan fingerprint density at radius 2 is 2.07 bits per heavy atom. The van der Waals surface area contributed by atoms with E-state index in [9.17, 15) is 0 Å². The molecule has 1 N–H and O–H groups in total. The van der Waals surface area contributed by atoms with Gasteiger partial charge in [0.15, 0.2) is 0 Å². The average molecular weight is 211 g/mol. The second-order valence-corrected chi connectivity index (χ2v) is 5.09. The fourth-order valence-corrected chi connectivity index (χ4v) is 2.66. The summed E-state index contributed by atoms with van der Waals surface area (Å²) in [5.74, 6) is 0.963. The highest BCUT2D eigenvalue weighted by Gasteiger charge is 2.23. The third kappa shape index (κ3) is 2.92. The summed E-state index contributed by atoms with van der Waals surface area (Å²) in [6, 6.07) is 0.753. The number of nitrogens with one attached hydrogen (secondary N) is 1. The zero-order chi connectivity index (χ0) is 10.7. The van der Waals surface area contributed by atoms with Crippen LogP contribution in [-0.2, 0) is 0 Å². The molecule has 0 aromatic rings. The van der Waals surface area contributed by atoms with Gasteiger partial charge in [-0.2, -0.15) is 0 Å². The predicted molar refractivity (Wildman–Crippen MR) is 64.1 cm³/mol. The van der Waals surface area contributed by atoms with E-state index < -0.39 is 0 Å². The van der Waals surface area contributed by atoms with Crippen LogP contribution in [0.5, 0.6) is 0 Å². The first-order valence-corrected chi connectivity index (χ1v) is 6.46. The predicted octanol–water partition coefficient (Wildman–Crippen LogP) is 0.622. The van der Waals surface area contributed by atoms with Crippen molar-refractivity contribution in [2.24, 2.45) is 5.92 Å². The fourth-order valence-electron chi connectivity index (χ4n) is 2.66. The van der Waals surface area contributed by atoms with Gasteiger partial charge in [-0.1, -0.05) is 6.92 Å². The van der Waals surface area contributed by atoms with Crippen LogP contribution in [0.4, 0.5) is 0 Å². The number of likely N-dealkylation sites (N-methyl/N-ethyl adjacent to an activating group) is 1. The zero-order valence-electron chi connectivity index (χ0n) is 10.2. The van der Waals surface area contributed by atoms with Gasteiger partial charge in [0.05, 0.1) is 0 Å². The average Bonchev–Trinajstić information content (AvgIpc) is 2.16. The van der Waals surface area contributed by atoms with Gasteiger partial charge in [-0.25, -0.2) is 0 Å². The Hall–Kier alpha value is -0.120. The molecule has 88 valence electrons. The minimum Gasteiger partial charge on any atom is -0.316 e. The van der Waals surface area contributed by atoms with Crippen molar-refractivity contribution in [3.8, 4) is 0 Å². The Morgan fingerprint density at radius 1 is 1.27 bits per heavy atom. The minimum absolute atomic E-state index is 0.753. The smallest absolute Gasteiger partial charge is 0.0195 e. The van der Waals surface area contributed by atoms with E-state index in [0.717, 1.165) is 12.0 Å². The molecule has 0 saturated carbocycles. The highest BCUT2D eigenvalue weighted by atomic mass is 15.3. The molecule has 0 aromatic heterocycles. The lowest BCUT2D eigenvalue weighted by Crippen LogP contribution is -2.52. The van der Waals surface area contributed by atoms with E-state index in [-0.39, 0.29) is 0 Å². The van der Waals surface area contributed by atoms with Crippen LogP contribution in [-0.4, -0.2) is 61.7 Å². The Balaban J connectivity index is 1.66. The largest absolute Gasteiger partial charge is 0.316 e. The molecule has 2 fully saturated rings. The quantitative estimate of drug-likeness (QED) is 0.735. The molecule has 1 unspecified atom stereocenters. The van der Waals surface area contributed by atoms with Crippen molar-refractivity contribution in [1.82, 2.24) is 15.1 Å². The topological polar surface area (TPSA) is 18.5 Å². The number of nitrogens with zero attached hydrogens (tertiary/aromatic N) is 2. The molecular weight excluding hydrogens is 186 g/mol.